The first-order chi connectivity index (χ1) is 8.63. The summed E-state index contributed by atoms with van der Waals surface area (Å²) >= 11 is 3.49. The van der Waals surface area contributed by atoms with Gasteiger partial charge in [0, 0.05) is 23.1 Å². The average molecular weight is 310 g/mol. The Morgan fingerprint density at radius 1 is 1.50 bits per heavy atom. The largest absolute Gasteiger partial charge is 0.338 e. The molecule has 1 atom stereocenters. The van der Waals surface area contributed by atoms with Crippen molar-refractivity contribution in [2.75, 3.05) is 13.1 Å². The van der Waals surface area contributed by atoms with Crippen LogP contribution in [0.2, 0.25) is 0 Å². The topological polar surface area (TPSA) is 20.3 Å². The molecule has 1 heterocycles. The van der Waals surface area contributed by atoms with Crippen LogP contribution in [-0.4, -0.2) is 23.9 Å². The average Bonchev–Trinajstić information content (AvgIpc) is 2.81. The maximum absolute atomic E-state index is 12.5. The van der Waals surface area contributed by atoms with Crippen LogP contribution in [0.4, 0.5) is 0 Å². The van der Waals surface area contributed by atoms with Crippen LogP contribution < -0.4 is 0 Å². The highest BCUT2D eigenvalue weighted by atomic mass is 79.9. The second-order valence-corrected chi connectivity index (χ2v) is 5.96. The summed E-state index contributed by atoms with van der Waals surface area (Å²) in [6.45, 7) is 6.05. The molecule has 0 aliphatic carbocycles. The minimum atomic E-state index is 0.187. The van der Waals surface area contributed by atoms with Gasteiger partial charge in [-0.1, -0.05) is 35.3 Å². The summed E-state index contributed by atoms with van der Waals surface area (Å²) in [5, 5.41) is 0. The van der Waals surface area contributed by atoms with Crippen LogP contribution in [0.5, 0.6) is 0 Å². The lowest BCUT2D eigenvalue weighted by Crippen LogP contribution is -2.29. The number of benzene rings is 1. The lowest BCUT2D eigenvalue weighted by Gasteiger charge is -2.18. The van der Waals surface area contributed by atoms with Crippen molar-refractivity contribution in [1.82, 2.24) is 4.90 Å². The predicted octanol–water partition coefficient (Wildman–Crippen LogP) is 4.02. The summed E-state index contributed by atoms with van der Waals surface area (Å²) in [5.41, 5.74) is 1.88. The van der Waals surface area contributed by atoms with E-state index in [1.54, 1.807) is 0 Å². The first-order valence-corrected chi connectivity index (χ1v) is 7.47. The van der Waals surface area contributed by atoms with E-state index in [2.05, 4.69) is 22.9 Å². The highest BCUT2D eigenvalue weighted by Gasteiger charge is 2.27. The molecule has 1 aromatic rings. The van der Waals surface area contributed by atoms with Crippen molar-refractivity contribution in [2.24, 2.45) is 5.92 Å². The van der Waals surface area contributed by atoms with E-state index in [1.807, 2.05) is 30.0 Å². The van der Waals surface area contributed by atoms with Crippen molar-refractivity contribution in [3.8, 4) is 0 Å². The molecule has 1 saturated heterocycles. The van der Waals surface area contributed by atoms with E-state index in [-0.39, 0.29) is 5.91 Å². The number of halogens is 1. The summed E-state index contributed by atoms with van der Waals surface area (Å²) in [4.78, 5) is 14.5. The molecule has 0 saturated carbocycles. The van der Waals surface area contributed by atoms with Crippen molar-refractivity contribution in [3.05, 3.63) is 33.8 Å². The van der Waals surface area contributed by atoms with Crippen molar-refractivity contribution in [2.45, 2.75) is 33.1 Å². The fourth-order valence-electron chi connectivity index (χ4n) is 2.67. The van der Waals surface area contributed by atoms with Crippen molar-refractivity contribution >= 4 is 21.8 Å². The van der Waals surface area contributed by atoms with Gasteiger partial charge in [0.2, 0.25) is 0 Å². The molecule has 1 aromatic carbocycles. The zero-order chi connectivity index (χ0) is 13.1. The normalized spacial score (nSPS) is 19.3. The number of likely N-dealkylation sites (tertiary alicyclic amines) is 1. The molecule has 1 unspecified atom stereocenters. The Labute approximate surface area is 117 Å². The van der Waals surface area contributed by atoms with Gasteiger partial charge in [-0.15, -0.1) is 0 Å². The third-order valence-electron chi connectivity index (χ3n) is 3.77. The number of hydrogen-bond acceptors (Lipinski definition) is 1. The first kappa shape index (κ1) is 13.6. The summed E-state index contributed by atoms with van der Waals surface area (Å²) in [6, 6.07) is 5.84. The number of rotatable bonds is 3. The van der Waals surface area contributed by atoms with Crippen LogP contribution in [0.3, 0.4) is 0 Å². The highest BCUT2D eigenvalue weighted by Crippen LogP contribution is 2.25. The molecule has 1 amide bonds. The van der Waals surface area contributed by atoms with E-state index in [0.717, 1.165) is 35.1 Å². The van der Waals surface area contributed by atoms with E-state index in [1.165, 1.54) is 12.8 Å². The van der Waals surface area contributed by atoms with Crippen LogP contribution >= 0.6 is 15.9 Å². The van der Waals surface area contributed by atoms with Gasteiger partial charge in [0.1, 0.15) is 0 Å². The Morgan fingerprint density at radius 3 is 3.00 bits per heavy atom. The smallest absolute Gasteiger partial charge is 0.254 e. The molecular formula is C15H20BrNO. The van der Waals surface area contributed by atoms with Gasteiger partial charge in [-0.3, -0.25) is 4.79 Å². The molecule has 0 aromatic heterocycles. The summed E-state index contributed by atoms with van der Waals surface area (Å²) in [5.74, 6) is 0.888. The number of amides is 1. The monoisotopic (exact) mass is 309 g/mol. The predicted molar refractivity (Wildman–Crippen MR) is 77.8 cm³/mol. The van der Waals surface area contributed by atoms with Gasteiger partial charge >= 0.3 is 0 Å². The molecule has 1 aliphatic heterocycles. The molecule has 0 bridgehead atoms. The van der Waals surface area contributed by atoms with Gasteiger partial charge in [0.25, 0.3) is 5.91 Å². The van der Waals surface area contributed by atoms with E-state index >= 15 is 0 Å². The fourth-order valence-corrected chi connectivity index (χ4v) is 3.04. The van der Waals surface area contributed by atoms with Gasteiger partial charge in [-0.05, 0) is 43.4 Å². The number of hydrogen-bond donors (Lipinski definition) is 0. The zero-order valence-corrected chi connectivity index (χ0v) is 12.7. The molecule has 0 radical (unpaired) electrons. The highest BCUT2D eigenvalue weighted by molar-refractivity contribution is 9.10. The Morgan fingerprint density at radius 2 is 2.28 bits per heavy atom. The first-order valence-electron chi connectivity index (χ1n) is 6.68. The molecule has 1 aliphatic rings. The van der Waals surface area contributed by atoms with Gasteiger partial charge in [-0.25, -0.2) is 0 Å². The van der Waals surface area contributed by atoms with Gasteiger partial charge in [-0.2, -0.15) is 0 Å². The second-order valence-electron chi connectivity index (χ2n) is 5.11. The summed E-state index contributed by atoms with van der Waals surface area (Å²) < 4.78 is 1.01. The van der Waals surface area contributed by atoms with Crippen molar-refractivity contribution < 1.29 is 4.79 Å². The Balaban J connectivity index is 2.11. The molecule has 1 fully saturated rings. The second kappa shape index (κ2) is 5.87. The number of carbonyl (C=O) groups excluding carboxylic acids is 1. The minimum Gasteiger partial charge on any atom is -0.338 e. The van der Waals surface area contributed by atoms with Crippen LogP contribution in [0.1, 0.15) is 42.1 Å². The summed E-state index contributed by atoms with van der Waals surface area (Å²) in [7, 11) is 0. The third-order valence-corrected chi connectivity index (χ3v) is 4.63. The Hall–Kier alpha value is -0.830. The van der Waals surface area contributed by atoms with Gasteiger partial charge < -0.3 is 4.90 Å². The molecule has 18 heavy (non-hydrogen) atoms. The minimum absolute atomic E-state index is 0.187. The van der Waals surface area contributed by atoms with Gasteiger partial charge in [0.05, 0.1) is 0 Å². The lowest BCUT2D eigenvalue weighted by atomic mass is 10.0. The Bertz CT molecular complexity index is 444. The van der Waals surface area contributed by atoms with Crippen LogP contribution in [0.25, 0.3) is 0 Å². The van der Waals surface area contributed by atoms with E-state index in [0.29, 0.717) is 5.92 Å². The molecule has 2 nitrogen and oxygen atoms in total. The zero-order valence-electron chi connectivity index (χ0n) is 11.1. The molecule has 0 N–H and O–H groups in total. The molecule has 2 rings (SSSR count). The number of carbonyl (C=O) groups is 1. The quantitative estimate of drug-likeness (QED) is 0.826. The molecular weight excluding hydrogens is 290 g/mol. The van der Waals surface area contributed by atoms with Crippen LogP contribution in [-0.2, 0) is 0 Å². The van der Waals surface area contributed by atoms with Crippen LogP contribution in [0, 0.1) is 12.8 Å². The molecule has 98 valence electrons. The molecule has 3 heteroatoms. The van der Waals surface area contributed by atoms with Crippen molar-refractivity contribution in [1.29, 1.82) is 0 Å². The molecule has 0 spiro atoms. The maximum atomic E-state index is 12.5. The van der Waals surface area contributed by atoms with E-state index in [9.17, 15) is 4.79 Å². The summed E-state index contributed by atoms with van der Waals surface area (Å²) in [6.07, 6.45) is 3.61. The van der Waals surface area contributed by atoms with E-state index in [4.69, 9.17) is 0 Å². The van der Waals surface area contributed by atoms with E-state index < -0.39 is 0 Å². The van der Waals surface area contributed by atoms with Crippen LogP contribution in [0.15, 0.2) is 22.7 Å². The van der Waals surface area contributed by atoms with Gasteiger partial charge in [0.15, 0.2) is 0 Å². The maximum Gasteiger partial charge on any atom is 0.254 e. The SMILES string of the molecule is CCCC1CCN(C(=O)c2cccc(Br)c2C)C1. The standard InChI is InChI=1S/C15H20BrNO/c1-3-5-12-8-9-17(10-12)15(18)13-6-4-7-14(16)11(13)2/h4,6-7,12H,3,5,8-10H2,1-2H3. The number of nitrogens with zero attached hydrogens (tertiary/aromatic N) is 1. The fraction of sp³-hybridized carbons (Fsp3) is 0.533. The Kier molecular flexibility index (Phi) is 4.44. The third kappa shape index (κ3) is 2.77. The lowest BCUT2D eigenvalue weighted by molar-refractivity contribution is 0.0785. The van der Waals surface area contributed by atoms with Crippen molar-refractivity contribution in [3.63, 3.8) is 0 Å².